The SMILES string of the molecule is CCOC(=O)c1cn2c(cc1=O)-c1cc(OC)c(OCc3ccccc3)cc1[C@@H]1CCC(C)(C)[C@@H]12.CCOC(=O)c1cn2c(cc1=O)-c1cc(OC)c(OCc3ccccc3)cc1[C@H]1CCC(C)(C)[C@H]12. The molecule has 2 aliphatic carbocycles. The van der Waals surface area contributed by atoms with E-state index >= 15 is 0 Å². The average Bonchev–Trinajstić information content (AvgIpc) is 3.86. The summed E-state index contributed by atoms with van der Waals surface area (Å²) < 4.78 is 38.4. The summed E-state index contributed by atoms with van der Waals surface area (Å²) >= 11 is 0. The Labute approximate surface area is 409 Å². The molecule has 0 N–H and O–H groups in total. The van der Waals surface area contributed by atoms with Crippen molar-refractivity contribution in [3.63, 3.8) is 0 Å². The van der Waals surface area contributed by atoms with Gasteiger partial charge in [0.05, 0.1) is 38.8 Å². The highest BCUT2D eigenvalue weighted by Crippen LogP contribution is 2.61. The molecular formula is C58H62N2O10. The summed E-state index contributed by atoms with van der Waals surface area (Å²) in [6.07, 6.45) is 7.50. The van der Waals surface area contributed by atoms with Crippen molar-refractivity contribution in [2.45, 2.75) is 104 Å². The molecule has 10 rings (SSSR count). The number of hydrogen-bond donors (Lipinski definition) is 0. The van der Waals surface area contributed by atoms with Crippen molar-refractivity contribution in [3.05, 3.63) is 163 Å². The van der Waals surface area contributed by atoms with Gasteiger partial charge < -0.3 is 37.6 Å². The van der Waals surface area contributed by atoms with Crippen LogP contribution >= 0.6 is 0 Å². The van der Waals surface area contributed by atoms with Crippen molar-refractivity contribution >= 4 is 11.9 Å². The number of carbonyl (C=O) groups excluding carboxylic acids is 2. The van der Waals surface area contributed by atoms with Crippen LogP contribution in [0.3, 0.4) is 0 Å². The van der Waals surface area contributed by atoms with Crippen LogP contribution < -0.4 is 29.8 Å². The van der Waals surface area contributed by atoms with E-state index in [0.29, 0.717) is 36.2 Å². The molecule has 12 heteroatoms. The molecule has 6 aromatic rings. The fraction of sp³-hybridized carbons (Fsp3) is 0.379. The van der Waals surface area contributed by atoms with Crippen LogP contribution in [-0.2, 0) is 22.7 Å². The van der Waals surface area contributed by atoms with Gasteiger partial charge in [0.1, 0.15) is 24.3 Å². The summed E-state index contributed by atoms with van der Waals surface area (Å²) in [7, 11) is 3.25. The first-order valence-electron chi connectivity index (χ1n) is 24.3. The van der Waals surface area contributed by atoms with E-state index in [1.165, 1.54) is 0 Å². The van der Waals surface area contributed by atoms with Crippen LogP contribution in [0.25, 0.3) is 22.5 Å². The number of ether oxygens (including phenoxy) is 6. The highest BCUT2D eigenvalue weighted by Gasteiger charge is 2.49. The Bertz CT molecular complexity index is 2860. The third-order valence-electron chi connectivity index (χ3n) is 14.8. The molecule has 4 heterocycles. The van der Waals surface area contributed by atoms with Crippen LogP contribution in [0, 0.1) is 10.8 Å². The fourth-order valence-corrected chi connectivity index (χ4v) is 11.5. The van der Waals surface area contributed by atoms with Crippen LogP contribution in [0.4, 0.5) is 0 Å². The van der Waals surface area contributed by atoms with Gasteiger partial charge in [0.25, 0.3) is 0 Å². The summed E-state index contributed by atoms with van der Waals surface area (Å²) in [6, 6.07) is 31.5. The Morgan fingerprint density at radius 2 is 0.943 bits per heavy atom. The molecule has 0 saturated heterocycles. The van der Waals surface area contributed by atoms with E-state index in [4.69, 9.17) is 28.4 Å². The number of methoxy groups -OCH3 is 2. The predicted octanol–water partition coefficient (Wildman–Crippen LogP) is 11.5. The van der Waals surface area contributed by atoms with Crippen molar-refractivity contribution in [1.29, 1.82) is 0 Å². The maximum absolute atomic E-state index is 13.0. The first-order chi connectivity index (χ1) is 33.7. The minimum absolute atomic E-state index is 0.0108. The van der Waals surface area contributed by atoms with E-state index in [9.17, 15) is 19.2 Å². The molecule has 0 amide bonds. The molecule has 0 radical (unpaired) electrons. The van der Waals surface area contributed by atoms with Crippen LogP contribution in [0.2, 0.25) is 0 Å². The third kappa shape index (κ3) is 8.88. The van der Waals surface area contributed by atoms with Crippen molar-refractivity contribution < 1.29 is 38.0 Å². The van der Waals surface area contributed by atoms with E-state index in [1.54, 1.807) is 52.6 Å². The maximum Gasteiger partial charge on any atom is 0.343 e. The zero-order valence-electron chi connectivity index (χ0n) is 41.3. The molecule has 4 aliphatic rings. The number of hydrogen-bond acceptors (Lipinski definition) is 10. The van der Waals surface area contributed by atoms with Crippen molar-refractivity contribution in [3.8, 4) is 45.5 Å². The zero-order valence-corrected chi connectivity index (χ0v) is 41.3. The molecule has 4 atom stereocenters. The number of esters is 2. The number of rotatable bonds is 12. The lowest BCUT2D eigenvalue weighted by atomic mass is 9.77. The smallest absolute Gasteiger partial charge is 0.343 e. The zero-order chi connectivity index (χ0) is 49.5. The summed E-state index contributed by atoms with van der Waals surface area (Å²) in [5, 5.41) is 0. The Kier molecular flexibility index (Phi) is 13.3. The molecule has 2 fully saturated rings. The molecule has 4 aromatic carbocycles. The van der Waals surface area contributed by atoms with Gasteiger partial charge in [0, 0.05) is 59.6 Å². The van der Waals surface area contributed by atoms with E-state index < -0.39 is 11.9 Å². The molecule has 2 aliphatic heterocycles. The summed E-state index contributed by atoms with van der Waals surface area (Å²) in [5.41, 5.74) is 7.42. The van der Waals surface area contributed by atoms with Crippen LogP contribution in [-0.4, -0.2) is 48.5 Å². The molecule has 0 spiro atoms. The molecule has 12 nitrogen and oxygen atoms in total. The Morgan fingerprint density at radius 1 is 0.557 bits per heavy atom. The number of carbonyl (C=O) groups is 2. The molecule has 70 heavy (non-hydrogen) atoms. The number of nitrogens with zero attached hydrogens (tertiary/aromatic N) is 2. The second-order valence-corrected chi connectivity index (χ2v) is 20.0. The normalized spacial score (nSPS) is 19.3. The average molecular weight is 947 g/mol. The Hall–Kier alpha value is -7.08. The van der Waals surface area contributed by atoms with Crippen molar-refractivity contribution in [2.75, 3.05) is 27.4 Å². The Morgan fingerprint density at radius 3 is 1.30 bits per heavy atom. The van der Waals surface area contributed by atoms with E-state index in [2.05, 4.69) is 49.0 Å². The largest absolute Gasteiger partial charge is 0.493 e. The number of benzene rings is 4. The quantitative estimate of drug-likeness (QED) is 0.109. The Balaban J connectivity index is 0.000000174. The summed E-state index contributed by atoms with van der Waals surface area (Å²) in [6.45, 7) is 13.8. The molecular weight excluding hydrogens is 885 g/mol. The minimum atomic E-state index is -0.576. The lowest BCUT2D eigenvalue weighted by molar-refractivity contribution is 0.0513. The second kappa shape index (κ2) is 19.4. The fourth-order valence-electron chi connectivity index (χ4n) is 11.5. The van der Waals surface area contributed by atoms with Crippen molar-refractivity contribution in [1.82, 2.24) is 9.13 Å². The first kappa shape index (κ1) is 48.0. The van der Waals surface area contributed by atoms with Gasteiger partial charge in [-0.15, -0.1) is 0 Å². The highest BCUT2D eigenvalue weighted by molar-refractivity contribution is 5.90. The second-order valence-electron chi connectivity index (χ2n) is 20.0. The van der Waals surface area contributed by atoms with Gasteiger partial charge >= 0.3 is 11.9 Å². The topological polar surface area (TPSA) is 134 Å². The predicted molar refractivity (Wildman–Crippen MR) is 268 cm³/mol. The number of pyridine rings is 2. The highest BCUT2D eigenvalue weighted by atomic mass is 16.5. The van der Waals surface area contributed by atoms with Gasteiger partial charge in [-0.3, -0.25) is 9.59 Å². The standard InChI is InChI=1S/2C29H31NO5/c2*1-5-34-28(32)22-16-30-23(15-24(22)31)21-14-25(33-4)26(35-17-18-9-7-6-8-10-18)13-20(21)19-11-12-29(2,3)27(19)30/h2*6-10,13-16,19,27H,5,11-12,17H2,1-4H3/t2*19-,27+/m10/s1. The molecule has 0 bridgehead atoms. The van der Waals surface area contributed by atoms with E-state index in [0.717, 1.165) is 70.5 Å². The molecule has 2 saturated carbocycles. The molecule has 2 aromatic heterocycles. The summed E-state index contributed by atoms with van der Waals surface area (Å²) in [4.78, 5) is 51.0. The van der Waals surface area contributed by atoms with E-state index in [-0.39, 0.29) is 69.9 Å². The lowest BCUT2D eigenvalue weighted by Crippen LogP contribution is -2.32. The maximum atomic E-state index is 13.0. The summed E-state index contributed by atoms with van der Waals surface area (Å²) in [5.74, 6) is 1.93. The first-order valence-corrected chi connectivity index (χ1v) is 24.3. The number of fused-ring (bicyclic) bond motifs is 12. The van der Waals surface area contributed by atoms with Crippen LogP contribution in [0.15, 0.2) is 119 Å². The molecule has 364 valence electrons. The van der Waals surface area contributed by atoms with Gasteiger partial charge in [-0.2, -0.15) is 0 Å². The van der Waals surface area contributed by atoms with Crippen molar-refractivity contribution in [2.24, 2.45) is 10.8 Å². The van der Waals surface area contributed by atoms with Gasteiger partial charge in [-0.25, -0.2) is 9.59 Å². The van der Waals surface area contributed by atoms with Gasteiger partial charge in [0.2, 0.25) is 0 Å². The number of aromatic nitrogens is 2. The van der Waals surface area contributed by atoms with Gasteiger partial charge in [-0.05, 0) is 96.9 Å². The van der Waals surface area contributed by atoms with Gasteiger partial charge in [0.15, 0.2) is 33.9 Å². The lowest BCUT2D eigenvalue weighted by Gasteiger charge is -2.40. The third-order valence-corrected chi connectivity index (χ3v) is 14.8. The molecule has 0 unspecified atom stereocenters. The van der Waals surface area contributed by atoms with Crippen LogP contribution in [0.1, 0.15) is 134 Å². The van der Waals surface area contributed by atoms with Crippen LogP contribution in [0.5, 0.6) is 23.0 Å². The monoisotopic (exact) mass is 946 g/mol. The minimum Gasteiger partial charge on any atom is -0.493 e. The van der Waals surface area contributed by atoms with E-state index in [1.807, 2.05) is 72.8 Å². The van der Waals surface area contributed by atoms with Gasteiger partial charge in [-0.1, -0.05) is 88.4 Å².